The highest BCUT2D eigenvalue weighted by atomic mass is 16.5. The average molecular weight is 267 g/mol. The van der Waals surface area contributed by atoms with Crippen molar-refractivity contribution < 1.29 is 9.53 Å². The summed E-state index contributed by atoms with van der Waals surface area (Å²) in [7, 11) is 0. The van der Waals surface area contributed by atoms with Gasteiger partial charge < -0.3 is 10.1 Å². The Morgan fingerprint density at radius 1 is 1.16 bits per heavy atom. The summed E-state index contributed by atoms with van der Waals surface area (Å²) in [6, 6.07) is 0.532. The number of hydrogen-bond acceptors (Lipinski definition) is 3. The zero-order valence-electron chi connectivity index (χ0n) is 12.3. The molecule has 2 aliphatic carbocycles. The Hall–Kier alpha value is -0.570. The zero-order valence-corrected chi connectivity index (χ0v) is 12.3. The van der Waals surface area contributed by atoms with E-state index in [4.69, 9.17) is 4.74 Å². The Kier molecular flexibility index (Phi) is 6.15. The minimum atomic E-state index is 0.0183. The van der Waals surface area contributed by atoms with Crippen LogP contribution < -0.4 is 5.32 Å². The number of ether oxygens (including phenoxy) is 1. The lowest BCUT2D eigenvalue weighted by molar-refractivity contribution is -0.149. The van der Waals surface area contributed by atoms with Crippen molar-refractivity contribution in [2.45, 2.75) is 70.8 Å². The fourth-order valence-electron chi connectivity index (χ4n) is 3.64. The van der Waals surface area contributed by atoms with Crippen molar-refractivity contribution in [3.63, 3.8) is 0 Å². The van der Waals surface area contributed by atoms with Crippen LogP contribution in [0, 0.1) is 11.8 Å². The Morgan fingerprint density at radius 2 is 1.95 bits per heavy atom. The molecule has 2 saturated carbocycles. The van der Waals surface area contributed by atoms with E-state index in [0.29, 0.717) is 12.6 Å². The fraction of sp³-hybridized carbons (Fsp3) is 0.938. The number of rotatable bonds is 6. The van der Waals surface area contributed by atoms with E-state index < -0.39 is 0 Å². The smallest absolute Gasteiger partial charge is 0.308 e. The van der Waals surface area contributed by atoms with Crippen LogP contribution in [0.3, 0.4) is 0 Å². The molecular formula is C16H29NO2. The minimum absolute atomic E-state index is 0.0183. The van der Waals surface area contributed by atoms with Gasteiger partial charge in [0.05, 0.1) is 12.5 Å². The van der Waals surface area contributed by atoms with Crippen LogP contribution in [0.5, 0.6) is 0 Å². The van der Waals surface area contributed by atoms with Crippen molar-refractivity contribution in [3.8, 4) is 0 Å². The maximum absolute atomic E-state index is 11.8. The first kappa shape index (κ1) is 14.8. The summed E-state index contributed by atoms with van der Waals surface area (Å²) >= 11 is 0. The number of nitrogens with one attached hydrogen (secondary N) is 1. The maximum Gasteiger partial charge on any atom is 0.308 e. The van der Waals surface area contributed by atoms with Crippen molar-refractivity contribution in [1.82, 2.24) is 5.32 Å². The van der Waals surface area contributed by atoms with Crippen molar-refractivity contribution in [2.75, 3.05) is 13.2 Å². The molecule has 0 amide bonds. The van der Waals surface area contributed by atoms with Gasteiger partial charge in [0.25, 0.3) is 0 Å². The lowest BCUT2D eigenvalue weighted by Crippen LogP contribution is -2.37. The van der Waals surface area contributed by atoms with Gasteiger partial charge in [-0.05, 0) is 45.1 Å². The normalized spacial score (nSPS) is 28.5. The van der Waals surface area contributed by atoms with Gasteiger partial charge in [-0.25, -0.2) is 0 Å². The molecule has 2 fully saturated rings. The summed E-state index contributed by atoms with van der Waals surface area (Å²) < 4.78 is 5.15. The SMILES string of the molecule is CCOC(=O)C1CCCC(NCCC2CCCC2)C1. The first-order chi connectivity index (χ1) is 9.29. The number of hydrogen-bond donors (Lipinski definition) is 1. The van der Waals surface area contributed by atoms with E-state index in [1.54, 1.807) is 0 Å². The molecule has 0 spiro atoms. The summed E-state index contributed by atoms with van der Waals surface area (Å²) in [4.78, 5) is 11.8. The molecular weight excluding hydrogens is 238 g/mol. The number of esters is 1. The molecule has 0 heterocycles. The molecule has 0 radical (unpaired) electrons. The lowest BCUT2D eigenvalue weighted by atomic mass is 9.85. The van der Waals surface area contributed by atoms with Gasteiger partial charge in [-0.15, -0.1) is 0 Å². The van der Waals surface area contributed by atoms with Gasteiger partial charge in [0.1, 0.15) is 0 Å². The Morgan fingerprint density at radius 3 is 2.68 bits per heavy atom. The maximum atomic E-state index is 11.8. The van der Waals surface area contributed by atoms with Crippen LogP contribution in [0.4, 0.5) is 0 Å². The van der Waals surface area contributed by atoms with Crippen LogP contribution >= 0.6 is 0 Å². The van der Waals surface area contributed by atoms with E-state index in [1.165, 1.54) is 38.5 Å². The highest BCUT2D eigenvalue weighted by molar-refractivity contribution is 5.72. The summed E-state index contributed by atoms with van der Waals surface area (Å²) in [5, 5.41) is 3.67. The second kappa shape index (κ2) is 7.88. The fourth-order valence-corrected chi connectivity index (χ4v) is 3.64. The van der Waals surface area contributed by atoms with E-state index in [9.17, 15) is 4.79 Å². The van der Waals surface area contributed by atoms with Gasteiger partial charge in [0, 0.05) is 6.04 Å². The third-order valence-electron chi connectivity index (χ3n) is 4.75. The molecule has 2 unspecified atom stereocenters. The summed E-state index contributed by atoms with van der Waals surface area (Å²) in [6.45, 7) is 3.53. The molecule has 0 aromatic rings. The summed E-state index contributed by atoms with van der Waals surface area (Å²) in [6.07, 6.45) is 11.4. The third-order valence-corrected chi connectivity index (χ3v) is 4.75. The van der Waals surface area contributed by atoms with Crippen molar-refractivity contribution in [1.29, 1.82) is 0 Å². The standard InChI is InChI=1S/C16H29NO2/c1-2-19-16(18)14-8-5-9-15(12-14)17-11-10-13-6-3-4-7-13/h13-15,17H,2-12H2,1H3. The van der Waals surface area contributed by atoms with Crippen LogP contribution in [0.1, 0.15) is 64.7 Å². The monoisotopic (exact) mass is 267 g/mol. The molecule has 0 saturated heterocycles. The van der Waals surface area contributed by atoms with E-state index in [0.717, 1.165) is 31.7 Å². The van der Waals surface area contributed by atoms with E-state index in [-0.39, 0.29) is 11.9 Å². The minimum Gasteiger partial charge on any atom is -0.466 e. The number of carbonyl (C=O) groups is 1. The van der Waals surface area contributed by atoms with Gasteiger partial charge >= 0.3 is 5.97 Å². The van der Waals surface area contributed by atoms with Crippen molar-refractivity contribution >= 4 is 5.97 Å². The molecule has 110 valence electrons. The molecule has 3 nitrogen and oxygen atoms in total. The highest BCUT2D eigenvalue weighted by Crippen LogP contribution is 2.28. The van der Waals surface area contributed by atoms with Crippen molar-refractivity contribution in [2.24, 2.45) is 11.8 Å². The van der Waals surface area contributed by atoms with Gasteiger partial charge in [-0.2, -0.15) is 0 Å². The Bertz CT molecular complexity index is 274. The van der Waals surface area contributed by atoms with Crippen LogP contribution in [0.25, 0.3) is 0 Å². The molecule has 2 rings (SSSR count). The molecule has 0 aromatic carbocycles. The Labute approximate surface area is 117 Å². The van der Waals surface area contributed by atoms with Crippen LogP contribution in [-0.2, 0) is 9.53 Å². The average Bonchev–Trinajstić information content (AvgIpc) is 2.93. The van der Waals surface area contributed by atoms with E-state index in [1.807, 2.05) is 6.92 Å². The van der Waals surface area contributed by atoms with Crippen molar-refractivity contribution in [3.05, 3.63) is 0 Å². The molecule has 19 heavy (non-hydrogen) atoms. The molecule has 0 aromatic heterocycles. The predicted molar refractivity (Wildman–Crippen MR) is 77.0 cm³/mol. The largest absolute Gasteiger partial charge is 0.466 e. The van der Waals surface area contributed by atoms with Gasteiger partial charge in [0.15, 0.2) is 0 Å². The second-order valence-corrected chi connectivity index (χ2v) is 6.21. The number of carbonyl (C=O) groups excluding carboxylic acids is 1. The van der Waals surface area contributed by atoms with Gasteiger partial charge in [-0.3, -0.25) is 4.79 Å². The first-order valence-electron chi connectivity index (χ1n) is 8.19. The summed E-state index contributed by atoms with van der Waals surface area (Å²) in [5.41, 5.74) is 0. The predicted octanol–water partition coefficient (Wildman–Crippen LogP) is 3.28. The highest BCUT2D eigenvalue weighted by Gasteiger charge is 2.28. The van der Waals surface area contributed by atoms with Crippen LogP contribution in [-0.4, -0.2) is 25.2 Å². The van der Waals surface area contributed by atoms with Gasteiger partial charge in [-0.1, -0.05) is 32.1 Å². The lowest BCUT2D eigenvalue weighted by Gasteiger charge is -2.28. The van der Waals surface area contributed by atoms with E-state index >= 15 is 0 Å². The van der Waals surface area contributed by atoms with Gasteiger partial charge in [0.2, 0.25) is 0 Å². The molecule has 2 aliphatic rings. The zero-order chi connectivity index (χ0) is 13.5. The molecule has 0 bridgehead atoms. The van der Waals surface area contributed by atoms with Crippen LogP contribution in [0.2, 0.25) is 0 Å². The molecule has 2 atom stereocenters. The Balaban J connectivity index is 1.64. The quantitative estimate of drug-likeness (QED) is 0.751. The van der Waals surface area contributed by atoms with Crippen LogP contribution in [0.15, 0.2) is 0 Å². The first-order valence-corrected chi connectivity index (χ1v) is 8.19. The van der Waals surface area contributed by atoms with E-state index in [2.05, 4.69) is 5.32 Å². The molecule has 0 aliphatic heterocycles. The second-order valence-electron chi connectivity index (χ2n) is 6.21. The summed E-state index contributed by atoms with van der Waals surface area (Å²) in [5.74, 6) is 1.11. The third kappa shape index (κ3) is 4.79. The molecule has 1 N–H and O–H groups in total. The topological polar surface area (TPSA) is 38.3 Å². The molecule has 3 heteroatoms.